The van der Waals surface area contributed by atoms with E-state index in [0.717, 1.165) is 26.0 Å². The van der Waals surface area contributed by atoms with Crippen LogP contribution in [0, 0.1) is 0 Å². The molecule has 0 N–H and O–H groups in total. The summed E-state index contributed by atoms with van der Waals surface area (Å²) in [6.45, 7) is 0. The van der Waals surface area contributed by atoms with Crippen LogP contribution >= 0.6 is 31.9 Å². The zero-order chi connectivity index (χ0) is 18.6. The van der Waals surface area contributed by atoms with Crippen LogP contribution in [0.15, 0.2) is 112 Å². The Morgan fingerprint density at radius 2 is 0.778 bits per heavy atom. The second-order valence-electron chi connectivity index (χ2n) is 6.20. The highest BCUT2D eigenvalue weighted by Crippen LogP contribution is 2.36. The molecule has 0 aliphatic rings. The Labute approximate surface area is 176 Å². The minimum Gasteiger partial charge on any atom is -0.311 e. The fourth-order valence-electron chi connectivity index (χ4n) is 3.06. The Hall–Kier alpha value is -2.36. The first-order chi connectivity index (χ1) is 13.2. The first-order valence-corrected chi connectivity index (χ1v) is 10.3. The molecule has 0 radical (unpaired) electrons. The molecule has 4 aromatic rings. The molecular formula is C24H17Br2N. The van der Waals surface area contributed by atoms with Gasteiger partial charge in [0, 0.05) is 26.0 Å². The average Bonchev–Trinajstić information content (AvgIpc) is 2.72. The fourth-order valence-corrected chi connectivity index (χ4v) is 3.59. The van der Waals surface area contributed by atoms with E-state index in [-0.39, 0.29) is 0 Å². The SMILES string of the molecule is Brc1ccc(N(c2ccc(Br)cc2)c2ccc(-c3ccccc3)cc2)cc1. The summed E-state index contributed by atoms with van der Waals surface area (Å²) in [5, 5.41) is 0. The third kappa shape index (κ3) is 4.15. The summed E-state index contributed by atoms with van der Waals surface area (Å²) >= 11 is 7.05. The summed E-state index contributed by atoms with van der Waals surface area (Å²) in [5.74, 6) is 0. The van der Waals surface area contributed by atoms with Crippen molar-refractivity contribution in [3.63, 3.8) is 0 Å². The van der Waals surface area contributed by atoms with Crippen molar-refractivity contribution in [3.05, 3.63) is 112 Å². The molecule has 0 spiro atoms. The summed E-state index contributed by atoms with van der Waals surface area (Å²) in [5.41, 5.74) is 5.80. The number of hydrogen-bond acceptors (Lipinski definition) is 1. The zero-order valence-corrected chi connectivity index (χ0v) is 17.7. The van der Waals surface area contributed by atoms with Crippen molar-refractivity contribution in [3.8, 4) is 11.1 Å². The van der Waals surface area contributed by atoms with Crippen molar-refractivity contribution in [2.45, 2.75) is 0 Å². The van der Waals surface area contributed by atoms with Gasteiger partial charge in [0.05, 0.1) is 0 Å². The minimum atomic E-state index is 1.07. The van der Waals surface area contributed by atoms with Gasteiger partial charge >= 0.3 is 0 Å². The van der Waals surface area contributed by atoms with Crippen LogP contribution in [0.2, 0.25) is 0 Å². The molecule has 4 rings (SSSR count). The van der Waals surface area contributed by atoms with Crippen LogP contribution in [0.5, 0.6) is 0 Å². The van der Waals surface area contributed by atoms with E-state index in [1.165, 1.54) is 11.1 Å². The molecule has 1 nitrogen and oxygen atoms in total. The van der Waals surface area contributed by atoms with Gasteiger partial charge in [0.1, 0.15) is 0 Å². The molecule has 27 heavy (non-hydrogen) atoms. The van der Waals surface area contributed by atoms with E-state index in [1.807, 2.05) is 6.07 Å². The lowest BCUT2D eigenvalue weighted by Crippen LogP contribution is -2.09. The van der Waals surface area contributed by atoms with Crippen molar-refractivity contribution in [2.24, 2.45) is 0 Å². The summed E-state index contributed by atoms with van der Waals surface area (Å²) in [7, 11) is 0. The maximum Gasteiger partial charge on any atom is 0.0462 e. The van der Waals surface area contributed by atoms with Gasteiger partial charge in [-0.25, -0.2) is 0 Å². The van der Waals surface area contributed by atoms with Crippen molar-refractivity contribution in [1.82, 2.24) is 0 Å². The molecular weight excluding hydrogens is 462 g/mol. The molecule has 0 bridgehead atoms. The molecule has 0 aliphatic heterocycles. The summed E-state index contributed by atoms with van der Waals surface area (Å²) in [6.07, 6.45) is 0. The van der Waals surface area contributed by atoms with Gasteiger partial charge in [0.25, 0.3) is 0 Å². The van der Waals surface area contributed by atoms with Gasteiger partial charge in [-0.1, -0.05) is 74.3 Å². The quantitative estimate of drug-likeness (QED) is 0.284. The highest BCUT2D eigenvalue weighted by molar-refractivity contribution is 9.10. The fraction of sp³-hybridized carbons (Fsp3) is 0. The first kappa shape index (κ1) is 18.0. The van der Waals surface area contributed by atoms with Crippen molar-refractivity contribution < 1.29 is 0 Å². The number of anilines is 3. The van der Waals surface area contributed by atoms with E-state index in [1.54, 1.807) is 0 Å². The van der Waals surface area contributed by atoms with E-state index in [9.17, 15) is 0 Å². The molecule has 0 atom stereocenters. The number of rotatable bonds is 4. The monoisotopic (exact) mass is 477 g/mol. The first-order valence-electron chi connectivity index (χ1n) is 8.67. The van der Waals surface area contributed by atoms with Gasteiger partial charge in [-0.3, -0.25) is 0 Å². The van der Waals surface area contributed by atoms with Crippen LogP contribution < -0.4 is 4.90 Å². The van der Waals surface area contributed by atoms with Crippen LogP contribution in [-0.4, -0.2) is 0 Å². The normalized spacial score (nSPS) is 10.6. The number of benzene rings is 4. The third-order valence-corrected chi connectivity index (χ3v) is 5.46. The Morgan fingerprint density at radius 3 is 1.22 bits per heavy atom. The molecule has 0 saturated heterocycles. The van der Waals surface area contributed by atoms with E-state index < -0.39 is 0 Å². The van der Waals surface area contributed by atoms with Crippen LogP contribution in [-0.2, 0) is 0 Å². The maximum absolute atomic E-state index is 3.53. The van der Waals surface area contributed by atoms with Crippen LogP contribution in [0.4, 0.5) is 17.1 Å². The highest BCUT2D eigenvalue weighted by atomic mass is 79.9. The van der Waals surface area contributed by atoms with Crippen molar-refractivity contribution in [2.75, 3.05) is 4.90 Å². The molecule has 0 amide bonds. The average molecular weight is 479 g/mol. The minimum absolute atomic E-state index is 1.07. The van der Waals surface area contributed by atoms with E-state index in [4.69, 9.17) is 0 Å². The molecule has 132 valence electrons. The molecule has 0 unspecified atom stereocenters. The Bertz CT molecular complexity index is 963. The van der Waals surface area contributed by atoms with Gasteiger partial charge in [-0.05, 0) is 71.8 Å². The van der Waals surface area contributed by atoms with E-state index in [0.29, 0.717) is 0 Å². The van der Waals surface area contributed by atoms with Gasteiger partial charge < -0.3 is 4.90 Å². The summed E-state index contributed by atoms with van der Waals surface area (Å²) < 4.78 is 2.14. The van der Waals surface area contributed by atoms with Gasteiger partial charge in [0.2, 0.25) is 0 Å². The van der Waals surface area contributed by atoms with Crippen LogP contribution in [0.1, 0.15) is 0 Å². The van der Waals surface area contributed by atoms with Gasteiger partial charge in [-0.2, -0.15) is 0 Å². The van der Waals surface area contributed by atoms with E-state index in [2.05, 4.69) is 134 Å². The topological polar surface area (TPSA) is 3.24 Å². The smallest absolute Gasteiger partial charge is 0.0462 e. The molecule has 0 fully saturated rings. The molecule has 0 aliphatic carbocycles. The second kappa shape index (κ2) is 8.12. The van der Waals surface area contributed by atoms with Gasteiger partial charge in [0.15, 0.2) is 0 Å². The predicted molar refractivity (Wildman–Crippen MR) is 122 cm³/mol. The molecule has 4 aromatic carbocycles. The molecule has 3 heteroatoms. The Morgan fingerprint density at radius 1 is 0.407 bits per heavy atom. The summed E-state index contributed by atoms with van der Waals surface area (Å²) in [4.78, 5) is 2.26. The van der Waals surface area contributed by atoms with Gasteiger partial charge in [-0.15, -0.1) is 0 Å². The van der Waals surface area contributed by atoms with Crippen molar-refractivity contribution in [1.29, 1.82) is 0 Å². The third-order valence-electron chi connectivity index (χ3n) is 4.40. The lowest BCUT2D eigenvalue weighted by Gasteiger charge is -2.25. The maximum atomic E-state index is 3.53. The summed E-state index contributed by atoms with van der Waals surface area (Å²) in [6, 6.07) is 35.9. The number of nitrogens with zero attached hydrogens (tertiary/aromatic N) is 1. The largest absolute Gasteiger partial charge is 0.311 e. The second-order valence-corrected chi connectivity index (χ2v) is 8.03. The number of halogens is 2. The molecule has 0 heterocycles. The Kier molecular flexibility index (Phi) is 5.42. The van der Waals surface area contributed by atoms with Crippen LogP contribution in [0.25, 0.3) is 11.1 Å². The lowest BCUT2D eigenvalue weighted by molar-refractivity contribution is 1.28. The number of hydrogen-bond donors (Lipinski definition) is 0. The highest BCUT2D eigenvalue weighted by Gasteiger charge is 2.12. The Balaban J connectivity index is 1.76. The van der Waals surface area contributed by atoms with Crippen molar-refractivity contribution >= 4 is 48.9 Å². The molecule has 0 saturated carbocycles. The lowest BCUT2D eigenvalue weighted by atomic mass is 10.0. The zero-order valence-electron chi connectivity index (χ0n) is 14.5. The van der Waals surface area contributed by atoms with E-state index >= 15 is 0 Å². The predicted octanol–water partition coefficient (Wildman–Crippen LogP) is 8.35. The standard InChI is InChI=1S/C24H17Br2N/c25-20-8-14-23(15-9-20)27(24-16-10-21(26)11-17-24)22-12-6-19(7-13-22)18-4-2-1-3-5-18/h1-17H. The molecule has 0 aromatic heterocycles. The van der Waals surface area contributed by atoms with Crippen LogP contribution in [0.3, 0.4) is 0 Å².